The van der Waals surface area contributed by atoms with Crippen molar-refractivity contribution >= 4 is 35.3 Å². The van der Waals surface area contributed by atoms with Crippen LogP contribution in [0.2, 0.25) is 0 Å². The van der Waals surface area contributed by atoms with Crippen molar-refractivity contribution < 1.29 is 9.59 Å². The van der Waals surface area contributed by atoms with E-state index < -0.39 is 0 Å². The van der Waals surface area contributed by atoms with Crippen molar-refractivity contribution in [2.75, 3.05) is 44.7 Å². The fourth-order valence-electron chi connectivity index (χ4n) is 3.75. The van der Waals surface area contributed by atoms with Gasteiger partial charge in [0.25, 0.3) is 5.91 Å². The fraction of sp³-hybridized carbons (Fsp3) is 0.333. The standard InChI is InChI=1S/C21H23ClN4O2/c1-24-8-10-25(11-9-24)18-5-3-2-4-15(18)12-16-13-17(22)6-7-19(16)26-20(27)14-23-21(26)28/h2-7,12H,8-11,13-14H2,1H3,(H,23,28). The Bertz CT molecular complexity index is 881. The van der Waals surface area contributed by atoms with Gasteiger partial charge in [-0.05, 0) is 42.5 Å². The van der Waals surface area contributed by atoms with Gasteiger partial charge in [-0.2, -0.15) is 0 Å². The van der Waals surface area contributed by atoms with Crippen LogP contribution in [0.15, 0.2) is 52.7 Å². The Balaban J connectivity index is 1.70. The van der Waals surface area contributed by atoms with Gasteiger partial charge in [0.05, 0.1) is 12.2 Å². The van der Waals surface area contributed by atoms with Crippen molar-refractivity contribution in [2.45, 2.75) is 6.42 Å². The molecule has 0 saturated carbocycles. The molecule has 3 aliphatic rings. The molecule has 28 heavy (non-hydrogen) atoms. The zero-order valence-corrected chi connectivity index (χ0v) is 16.6. The third-order valence-electron chi connectivity index (χ3n) is 5.31. The van der Waals surface area contributed by atoms with E-state index in [0.717, 1.165) is 43.0 Å². The number of likely N-dealkylation sites (N-methyl/N-ethyl adjacent to an activating group) is 1. The summed E-state index contributed by atoms with van der Waals surface area (Å²) in [5.41, 5.74) is 3.67. The highest BCUT2D eigenvalue weighted by atomic mass is 35.5. The second kappa shape index (κ2) is 7.81. The Kier molecular flexibility index (Phi) is 5.24. The zero-order chi connectivity index (χ0) is 19.7. The number of amides is 3. The minimum atomic E-state index is -0.388. The molecule has 7 heteroatoms. The van der Waals surface area contributed by atoms with E-state index in [1.54, 1.807) is 12.2 Å². The van der Waals surface area contributed by atoms with E-state index in [1.807, 2.05) is 18.2 Å². The molecule has 1 aliphatic carbocycles. The molecule has 146 valence electrons. The molecule has 0 unspecified atom stereocenters. The second-order valence-corrected chi connectivity index (χ2v) is 7.73. The Labute approximate surface area is 169 Å². The molecule has 0 aromatic heterocycles. The number of hydrogen-bond donors (Lipinski definition) is 1. The number of urea groups is 1. The number of carbonyl (C=O) groups is 2. The van der Waals surface area contributed by atoms with Crippen LogP contribution in [0.5, 0.6) is 0 Å². The number of benzene rings is 1. The Morgan fingerprint density at radius 3 is 2.54 bits per heavy atom. The van der Waals surface area contributed by atoms with Crippen LogP contribution < -0.4 is 10.2 Å². The van der Waals surface area contributed by atoms with Crippen molar-refractivity contribution in [2.24, 2.45) is 0 Å². The molecule has 1 aromatic rings. The van der Waals surface area contributed by atoms with Crippen LogP contribution >= 0.6 is 11.6 Å². The first-order chi connectivity index (χ1) is 13.5. The van der Waals surface area contributed by atoms with E-state index in [4.69, 9.17) is 11.6 Å². The number of piperazine rings is 1. The molecule has 2 heterocycles. The molecule has 0 radical (unpaired) electrons. The van der Waals surface area contributed by atoms with E-state index >= 15 is 0 Å². The lowest BCUT2D eigenvalue weighted by molar-refractivity contribution is -0.123. The van der Waals surface area contributed by atoms with Gasteiger partial charge in [-0.15, -0.1) is 0 Å². The Morgan fingerprint density at radius 1 is 1.07 bits per heavy atom. The second-order valence-electron chi connectivity index (χ2n) is 7.25. The number of nitrogens with zero attached hydrogens (tertiary/aromatic N) is 3. The molecule has 0 bridgehead atoms. The van der Waals surface area contributed by atoms with Crippen molar-refractivity contribution in [1.29, 1.82) is 0 Å². The van der Waals surface area contributed by atoms with E-state index in [1.165, 1.54) is 4.90 Å². The van der Waals surface area contributed by atoms with Gasteiger partial charge >= 0.3 is 6.03 Å². The number of anilines is 1. The van der Waals surface area contributed by atoms with Crippen LogP contribution in [0, 0.1) is 0 Å². The first kappa shape index (κ1) is 18.8. The van der Waals surface area contributed by atoms with Crippen LogP contribution in [0.1, 0.15) is 12.0 Å². The monoisotopic (exact) mass is 398 g/mol. The van der Waals surface area contributed by atoms with Gasteiger partial charge in [-0.25, -0.2) is 9.69 Å². The molecule has 4 rings (SSSR count). The molecule has 0 spiro atoms. The highest BCUT2D eigenvalue weighted by molar-refractivity contribution is 6.30. The normalized spacial score (nSPS) is 22.4. The maximum absolute atomic E-state index is 12.2. The number of para-hydroxylation sites is 1. The first-order valence-electron chi connectivity index (χ1n) is 9.43. The zero-order valence-electron chi connectivity index (χ0n) is 15.8. The van der Waals surface area contributed by atoms with E-state index in [9.17, 15) is 9.59 Å². The van der Waals surface area contributed by atoms with Crippen LogP contribution in [-0.4, -0.2) is 61.5 Å². The van der Waals surface area contributed by atoms with E-state index in [0.29, 0.717) is 17.2 Å². The molecular weight excluding hydrogens is 376 g/mol. The maximum atomic E-state index is 12.2. The van der Waals surface area contributed by atoms with Gasteiger partial charge in [0.1, 0.15) is 0 Å². The van der Waals surface area contributed by atoms with Crippen LogP contribution in [0.25, 0.3) is 6.08 Å². The molecule has 6 nitrogen and oxygen atoms in total. The van der Waals surface area contributed by atoms with Crippen molar-refractivity contribution in [3.63, 3.8) is 0 Å². The third-order valence-corrected chi connectivity index (χ3v) is 5.56. The molecule has 2 saturated heterocycles. The number of hydrogen-bond acceptors (Lipinski definition) is 4. The van der Waals surface area contributed by atoms with Gasteiger partial charge in [0, 0.05) is 43.3 Å². The van der Waals surface area contributed by atoms with Crippen molar-refractivity contribution in [3.8, 4) is 0 Å². The molecule has 0 atom stereocenters. The van der Waals surface area contributed by atoms with Gasteiger partial charge in [0.15, 0.2) is 0 Å². The van der Waals surface area contributed by atoms with Gasteiger partial charge in [-0.1, -0.05) is 29.8 Å². The first-order valence-corrected chi connectivity index (χ1v) is 9.81. The predicted octanol–water partition coefficient (Wildman–Crippen LogP) is 2.78. The summed E-state index contributed by atoms with van der Waals surface area (Å²) in [6.45, 7) is 4.00. The van der Waals surface area contributed by atoms with Crippen molar-refractivity contribution in [1.82, 2.24) is 15.1 Å². The summed E-state index contributed by atoms with van der Waals surface area (Å²) in [6.07, 6.45) is 6.04. The average molecular weight is 399 g/mol. The van der Waals surface area contributed by atoms with Crippen LogP contribution in [-0.2, 0) is 4.79 Å². The predicted molar refractivity (Wildman–Crippen MR) is 111 cm³/mol. The lowest BCUT2D eigenvalue weighted by atomic mass is 9.98. The molecule has 2 fully saturated rings. The number of rotatable bonds is 3. The molecule has 3 amide bonds. The maximum Gasteiger partial charge on any atom is 0.329 e. The Morgan fingerprint density at radius 2 is 1.82 bits per heavy atom. The summed E-state index contributed by atoms with van der Waals surface area (Å²) < 4.78 is 0. The summed E-state index contributed by atoms with van der Waals surface area (Å²) in [5, 5.41) is 3.26. The van der Waals surface area contributed by atoms with Gasteiger partial charge in [0.2, 0.25) is 0 Å². The number of allylic oxidation sites excluding steroid dienone is 4. The SMILES string of the molecule is CN1CCN(c2ccccc2C=C2CC(Cl)=CC=C2N2C(=O)CNC2=O)CC1. The van der Waals surface area contributed by atoms with Crippen LogP contribution in [0.3, 0.4) is 0 Å². The third kappa shape index (κ3) is 3.70. The lowest BCUT2D eigenvalue weighted by Gasteiger charge is -2.35. The lowest BCUT2D eigenvalue weighted by Crippen LogP contribution is -2.44. The molecule has 2 aliphatic heterocycles. The smallest absolute Gasteiger partial charge is 0.329 e. The van der Waals surface area contributed by atoms with Gasteiger partial charge < -0.3 is 15.1 Å². The summed E-state index contributed by atoms with van der Waals surface area (Å²) in [4.78, 5) is 30.3. The van der Waals surface area contributed by atoms with Gasteiger partial charge in [-0.3, -0.25) is 4.79 Å². The molecule has 1 N–H and O–H groups in total. The van der Waals surface area contributed by atoms with Crippen LogP contribution in [0.4, 0.5) is 10.5 Å². The highest BCUT2D eigenvalue weighted by Gasteiger charge is 2.33. The Hall–Kier alpha value is -2.57. The quantitative estimate of drug-likeness (QED) is 0.795. The number of nitrogens with one attached hydrogen (secondary N) is 1. The number of carbonyl (C=O) groups excluding carboxylic acids is 2. The summed E-state index contributed by atoms with van der Waals surface area (Å²) >= 11 is 6.28. The van der Waals surface area contributed by atoms with Crippen molar-refractivity contribution in [3.05, 3.63) is 58.3 Å². The molecular formula is C21H23ClN4O2. The average Bonchev–Trinajstić information content (AvgIpc) is 3.02. The minimum Gasteiger partial charge on any atom is -0.368 e. The van der Waals surface area contributed by atoms with E-state index in [-0.39, 0.29) is 18.5 Å². The highest BCUT2D eigenvalue weighted by Crippen LogP contribution is 2.34. The molecule has 1 aromatic carbocycles. The summed E-state index contributed by atoms with van der Waals surface area (Å²) in [7, 11) is 2.14. The largest absolute Gasteiger partial charge is 0.368 e. The summed E-state index contributed by atoms with van der Waals surface area (Å²) in [5.74, 6) is -0.249. The topological polar surface area (TPSA) is 55.9 Å². The number of halogens is 1. The summed E-state index contributed by atoms with van der Waals surface area (Å²) in [6, 6.07) is 7.84. The van der Waals surface area contributed by atoms with E-state index in [2.05, 4.69) is 34.3 Å². The number of imide groups is 1. The minimum absolute atomic E-state index is 0.0266. The fourth-order valence-corrected chi connectivity index (χ4v) is 3.96.